The monoisotopic (exact) mass is 938 g/mol. The van der Waals surface area contributed by atoms with Gasteiger partial charge in [-0.3, -0.25) is 19.3 Å². The van der Waals surface area contributed by atoms with Crippen molar-refractivity contribution < 1.29 is 48.0 Å². The molecule has 0 bridgehead atoms. The second-order valence-electron chi connectivity index (χ2n) is 17.5. The second kappa shape index (κ2) is 19.6. The number of phenolic OH excluding ortho intramolecular Hbond substituents is 1. The Morgan fingerprint density at radius 2 is 1.40 bits per heavy atom. The van der Waals surface area contributed by atoms with E-state index in [0.717, 1.165) is 16.2 Å². The largest absolute Gasteiger partial charge is 0.508 e. The molecule has 1 spiro atoms. The summed E-state index contributed by atoms with van der Waals surface area (Å²) in [4.78, 5) is 67.4. The Hall–Kier alpha value is -7.96. The van der Waals surface area contributed by atoms with Crippen molar-refractivity contribution in [1.82, 2.24) is 4.90 Å². The molecule has 70 heavy (non-hydrogen) atoms. The predicted octanol–water partition coefficient (Wildman–Crippen LogP) is 7.72. The number of cyclic esters (lactones) is 1. The number of carbonyl (C=O) groups is 4. The number of rotatable bonds is 10. The van der Waals surface area contributed by atoms with Gasteiger partial charge in [-0.2, -0.15) is 0 Å². The van der Waals surface area contributed by atoms with Crippen LogP contribution in [0.15, 0.2) is 152 Å². The molecular weight excluding hydrogens is 889 g/mol. The maximum Gasteiger partial charge on any atom is 0.421 e. The molecule has 0 saturated carbocycles. The minimum Gasteiger partial charge on any atom is -0.508 e. The lowest BCUT2D eigenvalue weighted by Crippen LogP contribution is -2.54. The van der Waals surface area contributed by atoms with Crippen LogP contribution in [0.4, 0.5) is 21.9 Å². The molecule has 6 aromatic carbocycles. The number of phenols is 1. The molecule has 354 valence electrons. The molecule has 2 N–H and O–H groups in total. The quantitative estimate of drug-likeness (QED) is 0.0785. The Bertz CT molecular complexity index is 2950. The SMILES string of the molecule is COCCOC(=O)N1C(=O)[C@@]2(c3cc(C#Cc4ccc(OC)cc4)ccc31)[C@H](c1ccc(O)cc1)N1[C@H](c3ccccc3)[C@H](c3ccccc3)OC(=O)[C@H]1[C@@H]2C(=O)Nc1ccc(N2CCOCC2)cc1. The van der Waals surface area contributed by atoms with Crippen molar-refractivity contribution in [2.45, 2.75) is 29.6 Å². The van der Waals surface area contributed by atoms with E-state index in [9.17, 15) is 9.90 Å². The van der Waals surface area contributed by atoms with E-state index >= 15 is 14.4 Å². The predicted molar refractivity (Wildman–Crippen MR) is 260 cm³/mol. The minimum absolute atomic E-state index is 0.0421. The summed E-state index contributed by atoms with van der Waals surface area (Å²) in [6, 6.07) is 41.5. The number of hydrogen-bond donors (Lipinski definition) is 2. The van der Waals surface area contributed by atoms with Gasteiger partial charge in [0.1, 0.15) is 35.7 Å². The average molecular weight is 939 g/mol. The molecule has 0 aliphatic carbocycles. The molecule has 14 heteroatoms. The van der Waals surface area contributed by atoms with E-state index < -0.39 is 59.4 Å². The molecule has 0 radical (unpaired) electrons. The Labute approximate surface area is 405 Å². The number of nitrogens with zero attached hydrogens (tertiary/aromatic N) is 3. The van der Waals surface area contributed by atoms with Gasteiger partial charge in [-0.1, -0.05) is 84.6 Å². The maximum absolute atomic E-state index is 16.4. The van der Waals surface area contributed by atoms with Crippen LogP contribution in [0.3, 0.4) is 0 Å². The van der Waals surface area contributed by atoms with Crippen LogP contribution >= 0.6 is 0 Å². The van der Waals surface area contributed by atoms with E-state index in [0.29, 0.717) is 60.0 Å². The van der Waals surface area contributed by atoms with Gasteiger partial charge in [0.2, 0.25) is 11.8 Å². The summed E-state index contributed by atoms with van der Waals surface area (Å²) in [6.07, 6.45) is -1.92. The number of benzene rings is 6. The van der Waals surface area contributed by atoms with Gasteiger partial charge in [-0.25, -0.2) is 9.69 Å². The van der Waals surface area contributed by atoms with Crippen LogP contribution < -0.4 is 19.9 Å². The lowest BCUT2D eigenvalue weighted by atomic mass is 9.65. The summed E-state index contributed by atoms with van der Waals surface area (Å²) < 4.78 is 28.4. The highest BCUT2D eigenvalue weighted by atomic mass is 16.6. The zero-order valence-corrected chi connectivity index (χ0v) is 38.5. The van der Waals surface area contributed by atoms with E-state index in [1.54, 1.807) is 61.7 Å². The molecule has 4 aliphatic heterocycles. The first kappa shape index (κ1) is 45.8. The zero-order valence-electron chi connectivity index (χ0n) is 38.5. The summed E-state index contributed by atoms with van der Waals surface area (Å²) in [7, 11) is 3.05. The van der Waals surface area contributed by atoms with E-state index in [-0.39, 0.29) is 30.2 Å². The van der Waals surface area contributed by atoms with E-state index in [1.807, 2.05) is 89.8 Å². The topological polar surface area (TPSA) is 156 Å². The zero-order chi connectivity index (χ0) is 48.4. The van der Waals surface area contributed by atoms with Gasteiger partial charge < -0.3 is 39.0 Å². The van der Waals surface area contributed by atoms with Crippen LogP contribution in [-0.4, -0.2) is 93.7 Å². The standard InChI is InChI=1S/C56H50N4O10/c1-66-33-34-69-55(65)59-46-28-17-37(14-13-36-15-26-44(67-2)27-16-36)35-45(46)56(54(59)64)47(52(62)57-41-20-22-42(23-21-41)58-29-31-68-32-30-58)49-53(63)70-50(39-11-7-4-8-12-39)48(38-9-5-3-6-10-38)60(49)51(56)40-18-24-43(61)25-19-40/h3-12,15-28,35,47-51,61H,29-34H2,1-2H3,(H,57,62)/t47-,48-,49-,50+,51+,56-/m1/s1. The van der Waals surface area contributed by atoms with Gasteiger partial charge in [0.25, 0.3) is 0 Å². The van der Waals surface area contributed by atoms with Gasteiger partial charge in [0, 0.05) is 42.7 Å². The summed E-state index contributed by atoms with van der Waals surface area (Å²) >= 11 is 0. The fourth-order valence-electron chi connectivity index (χ4n) is 10.5. The molecule has 4 heterocycles. The molecule has 0 unspecified atom stereocenters. The smallest absolute Gasteiger partial charge is 0.421 e. The molecular formula is C56H50N4O10. The summed E-state index contributed by atoms with van der Waals surface area (Å²) in [5, 5.41) is 13.9. The number of nitrogens with one attached hydrogen (secondary N) is 1. The van der Waals surface area contributed by atoms with Crippen molar-refractivity contribution in [3.63, 3.8) is 0 Å². The van der Waals surface area contributed by atoms with Crippen LogP contribution in [-0.2, 0) is 38.7 Å². The molecule has 6 aromatic rings. The Morgan fingerprint density at radius 1 is 0.743 bits per heavy atom. The lowest BCUT2D eigenvalue weighted by molar-refractivity contribution is -0.177. The number of aromatic hydroxyl groups is 1. The third-order valence-electron chi connectivity index (χ3n) is 13.6. The second-order valence-corrected chi connectivity index (χ2v) is 17.5. The molecule has 14 nitrogen and oxygen atoms in total. The van der Waals surface area contributed by atoms with Crippen molar-refractivity contribution in [3.05, 3.63) is 185 Å². The fourth-order valence-corrected chi connectivity index (χ4v) is 10.5. The third-order valence-corrected chi connectivity index (χ3v) is 13.6. The van der Waals surface area contributed by atoms with Crippen LogP contribution in [0, 0.1) is 17.8 Å². The maximum atomic E-state index is 16.4. The highest BCUT2D eigenvalue weighted by Crippen LogP contribution is 2.66. The average Bonchev–Trinajstić information content (AvgIpc) is 3.85. The van der Waals surface area contributed by atoms with E-state index in [4.69, 9.17) is 23.7 Å². The van der Waals surface area contributed by atoms with Crippen LogP contribution in [0.5, 0.6) is 11.5 Å². The Balaban J connectivity index is 1.22. The number of carbonyl (C=O) groups excluding carboxylic acids is 4. The van der Waals surface area contributed by atoms with Crippen LogP contribution in [0.25, 0.3) is 0 Å². The lowest BCUT2D eigenvalue weighted by Gasteiger charge is -2.46. The number of imide groups is 1. The third kappa shape index (κ3) is 8.27. The first-order valence-corrected chi connectivity index (χ1v) is 23.1. The normalized spacial score (nSPS) is 22.6. The highest BCUT2D eigenvalue weighted by Gasteiger charge is 2.75. The molecule has 3 amide bonds. The van der Waals surface area contributed by atoms with Crippen LogP contribution in [0.1, 0.15) is 51.6 Å². The number of ether oxygens (including phenoxy) is 5. The van der Waals surface area contributed by atoms with Gasteiger partial charge >= 0.3 is 12.1 Å². The van der Waals surface area contributed by atoms with Gasteiger partial charge in [0.05, 0.1) is 50.6 Å². The molecule has 10 rings (SSSR count). The number of amides is 3. The Kier molecular flexibility index (Phi) is 12.8. The fraction of sp³-hybridized carbons (Fsp3) is 0.250. The number of hydrogen-bond acceptors (Lipinski definition) is 12. The highest BCUT2D eigenvalue weighted by molar-refractivity contribution is 6.24. The molecule has 3 saturated heterocycles. The number of morpholine rings is 2. The number of methoxy groups -OCH3 is 2. The summed E-state index contributed by atoms with van der Waals surface area (Å²) in [5.74, 6) is 3.31. The van der Waals surface area contributed by atoms with E-state index in [1.165, 1.54) is 19.2 Å². The Morgan fingerprint density at radius 3 is 2.07 bits per heavy atom. The summed E-state index contributed by atoms with van der Waals surface area (Å²) in [5.41, 5.74) is 2.79. The first-order chi connectivity index (χ1) is 34.2. The van der Waals surface area contributed by atoms with Crippen molar-refractivity contribution in [1.29, 1.82) is 0 Å². The number of anilines is 3. The van der Waals surface area contributed by atoms with Crippen LogP contribution in [0.2, 0.25) is 0 Å². The van der Waals surface area contributed by atoms with Gasteiger partial charge in [-0.15, -0.1) is 0 Å². The molecule has 6 atom stereocenters. The van der Waals surface area contributed by atoms with Crippen molar-refractivity contribution >= 4 is 40.9 Å². The molecule has 4 aliphatic rings. The molecule has 0 aromatic heterocycles. The van der Waals surface area contributed by atoms with Crippen molar-refractivity contribution in [2.24, 2.45) is 5.92 Å². The van der Waals surface area contributed by atoms with Gasteiger partial charge in [0.15, 0.2) is 0 Å². The van der Waals surface area contributed by atoms with Gasteiger partial charge in [-0.05, 0) is 101 Å². The van der Waals surface area contributed by atoms with Crippen molar-refractivity contribution in [2.75, 3.05) is 68.9 Å². The number of esters is 1. The van der Waals surface area contributed by atoms with E-state index in [2.05, 4.69) is 22.1 Å². The first-order valence-electron chi connectivity index (χ1n) is 23.1. The number of fused-ring (bicyclic) bond motifs is 3. The molecule has 3 fully saturated rings. The minimum atomic E-state index is -2.06. The summed E-state index contributed by atoms with van der Waals surface area (Å²) in [6.45, 7) is 2.48. The van der Waals surface area contributed by atoms with Crippen molar-refractivity contribution in [3.8, 4) is 23.3 Å².